The predicted octanol–water partition coefficient (Wildman–Crippen LogP) is 2.14. The predicted molar refractivity (Wildman–Crippen MR) is 75.0 cm³/mol. The molecule has 0 radical (unpaired) electrons. The first kappa shape index (κ1) is 13.1. The fourth-order valence-corrected chi connectivity index (χ4v) is 2.83. The largest absolute Gasteiger partial charge is 0.508 e. The topological polar surface area (TPSA) is 35.5 Å². The van der Waals surface area contributed by atoms with Gasteiger partial charge in [0.25, 0.3) is 0 Å². The second-order valence-electron chi connectivity index (χ2n) is 4.96. The Morgan fingerprint density at radius 1 is 1.28 bits per heavy atom. The number of nitrogens with one attached hydrogen (secondary N) is 1. The van der Waals surface area contributed by atoms with E-state index < -0.39 is 0 Å². The lowest BCUT2D eigenvalue weighted by atomic mass is 9.94. The number of phenolic OH excluding ortho intramolecular Hbond substituents is 1. The summed E-state index contributed by atoms with van der Waals surface area (Å²) in [6.45, 7) is 12.2. The third kappa shape index (κ3) is 2.57. The Kier molecular flexibility index (Phi) is 4.04. The van der Waals surface area contributed by atoms with Crippen molar-refractivity contribution in [3.05, 3.63) is 41.5 Å². The van der Waals surface area contributed by atoms with Crippen LogP contribution in [0.4, 0.5) is 0 Å². The van der Waals surface area contributed by atoms with Gasteiger partial charge >= 0.3 is 0 Å². The number of phenols is 1. The first-order valence-electron chi connectivity index (χ1n) is 6.51. The molecular weight excluding hydrogens is 224 g/mol. The maximum absolute atomic E-state index is 9.63. The van der Waals surface area contributed by atoms with Crippen LogP contribution in [0.2, 0.25) is 0 Å². The van der Waals surface area contributed by atoms with Crippen molar-refractivity contribution in [2.24, 2.45) is 0 Å². The van der Waals surface area contributed by atoms with Gasteiger partial charge in [-0.1, -0.05) is 6.08 Å². The van der Waals surface area contributed by atoms with Gasteiger partial charge in [0, 0.05) is 26.2 Å². The second-order valence-corrected chi connectivity index (χ2v) is 4.96. The van der Waals surface area contributed by atoms with Crippen molar-refractivity contribution >= 4 is 0 Å². The fraction of sp³-hybridized carbons (Fsp3) is 0.467. The molecule has 0 spiro atoms. The summed E-state index contributed by atoms with van der Waals surface area (Å²) in [6.07, 6.45) is 2.01. The highest BCUT2D eigenvalue weighted by Gasteiger charge is 2.22. The van der Waals surface area contributed by atoms with E-state index in [-0.39, 0.29) is 6.04 Å². The van der Waals surface area contributed by atoms with Crippen LogP contribution in [0.3, 0.4) is 0 Å². The van der Waals surface area contributed by atoms with E-state index in [0.717, 1.165) is 37.3 Å². The van der Waals surface area contributed by atoms with Crippen LogP contribution in [0.15, 0.2) is 24.8 Å². The highest BCUT2D eigenvalue weighted by Crippen LogP contribution is 2.30. The van der Waals surface area contributed by atoms with Gasteiger partial charge in [0.1, 0.15) is 5.75 Å². The first-order valence-corrected chi connectivity index (χ1v) is 6.51. The Morgan fingerprint density at radius 3 is 2.33 bits per heavy atom. The van der Waals surface area contributed by atoms with Crippen molar-refractivity contribution in [3.8, 4) is 5.75 Å². The first-order chi connectivity index (χ1) is 8.63. The molecule has 0 aromatic heterocycles. The molecule has 3 heteroatoms. The number of rotatable bonds is 3. The average Bonchev–Trinajstić information content (AvgIpc) is 2.34. The van der Waals surface area contributed by atoms with E-state index in [9.17, 15) is 5.11 Å². The Morgan fingerprint density at radius 2 is 1.83 bits per heavy atom. The number of benzene rings is 1. The summed E-state index contributed by atoms with van der Waals surface area (Å²) in [6, 6.07) is 3.91. The molecule has 1 aromatic rings. The van der Waals surface area contributed by atoms with Crippen LogP contribution in [0, 0.1) is 13.8 Å². The molecule has 1 aliphatic rings. The van der Waals surface area contributed by atoms with Gasteiger partial charge in [-0.15, -0.1) is 6.58 Å². The minimum atomic E-state index is 0.243. The minimum Gasteiger partial charge on any atom is -0.508 e. The zero-order chi connectivity index (χ0) is 13.1. The molecular formula is C15H22N2O. The van der Waals surface area contributed by atoms with E-state index >= 15 is 0 Å². The lowest BCUT2D eigenvalue weighted by Gasteiger charge is -2.35. The Labute approximate surface area is 109 Å². The number of hydrogen-bond donors (Lipinski definition) is 2. The van der Waals surface area contributed by atoms with E-state index in [0.29, 0.717) is 5.75 Å². The number of hydrogen-bond acceptors (Lipinski definition) is 3. The van der Waals surface area contributed by atoms with E-state index in [1.807, 2.05) is 18.2 Å². The molecule has 98 valence electrons. The van der Waals surface area contributed by atoms with Gasteiger partial charge in [-0.3, -0.25) is 4.90 Å². The van der Waals surface area contributed by atoms with Crippen molar-refractivity contribution in [2.45, 2.75) is 19.9 Å². The van der Waals surface area contributed by atoms with Crippen LogP contribution in [-0.4, -0.2) is 36.2 Å². The van der Waals surface area contributed by atoms with Gasteiger partial charge in [-0.05, 0) is 42.7 Å². The lowest BCUT2D eigenvalue weighted by molar-refractivity contribution is 0.202. The van der Waals surface area contributed by atoms with Gasteiger partial charge in [0.2, 0.25) is 0 Å². The molecule has 1 aromatic carbocycles. The van der Waals surface area contributed by atoms with Crippen molar-refractivity contribution in [2.75, 3.05) is 26.2 Å². The zero-order valence-electron chi connectivity index (χ0n) is 11.2. The van der Waals surface area contributed by atoms with Crippen LogP contribution < -0.4 is 5.32 Å². The van der Waals surface area contributed by atoms with Crippen molar-refractivity contribution in [3.63, 3.8) is 0 Å². The second kappa shape index (κ2) is 5.55. The fourth-order valence-electron chi connectivity index (χ4n) is 2.83. The molecule has 2 N–H and O–H groups in total. The maximum Gasteiger partial charge on any atom is 0.116 e. The highest BCUT2D eigenvalue weighted by atomic mass is 16.3. The SMILES string of the molecule is C=C[C@H](c1c(C)cc(O)cc1C)N1CCNCC1. The Bertz CT molecular complexity index is 413. The molecule has 1 saturated heterocycles. The van der Waals surface area contributed by atoms with Crippen LogP contribution in [-0.2, 0) is 0 Å². The molecule has 0 aliphatic carbocycles. The van der Waals surface area contributed by atoms with Gasteiger partial charge < -0.3 is 10.4 Å². The number of aryl methyl sites for hydroxylation is 2. The number of piperazine rings is 1. The third-order valence-corrected chi connectivity index (χ3v) is 3.64. The molecule has 2 rings (SSSR count). The summed E-state index contributed by atoms with van der Waals surface area (Å²) >= 11 is 0. The summed E-state index contributed by atoms with van der Waals surface area (Å²) in [5.41, 5.74) is 3.55. The Hall–Kier alpha value is -1.32. The molecule has 0 amide bonds. The molecule has 18 heavy (non-hydrogen) atoms. The molecule has 0 saturated carbocycles. The van der Waals surface area contributed by atoms with Crippen molar-refractivity contribution < 1.29 is 5.11 Å². The third-order valence-electron chi connectivity index (χ3n) is 3.64. The average molecular weight is 246 g/mol. The summed E-state index contributed by atoms with van der Waals surface area (Å²) in [7, 11) is 0. The summed E-state index contributed by atoms with van der Waals surface area (Å²) in [4.78, 5) is 2.44. The monoisotopic (exact) mass is 246 g/mol. The van der Waals surface area contributed by atoms with E-state index in [1.165, 1.54) is 5.56 Å². The van der Waals surface area contributed by atoms with E-state index in [2.05, 4.69) is 30.6 Å². The quantitative estimate of drug-likeness (QED) is 0.802. The van der Waals surface area contributed by atoms with Gasteiger partial charge in [-0.2, -0.15) is 0 Å². The molecule has 3 nitrogen and oxygen atoms in total. The number of nitrogens with zero attached hydrogens (tertiary/aromatic N) is 1. The molecule has 1 fully saturated rings. The Balaban J connectivity index is 2.35. The standard InChI is InChI=1S/C15H22N2O/c1-4-14(17-7-5-16-6-8-17)15-11(2)9-13(18)10-12(15)3/h4,9-10,14,16,18H,1,5-8H2,2-3H3/t14-/m1/s1. The van der Waals surface area contributed by atoms with Crippen molar-refractivity contribution in [1.82, 2.24) is 10.2 Å². The molecule has 0 bridgehead atoms. The normalized spacial score (nSPS) is 18.6. The smallest absolute Gasteiger partial charge is 0.116 e. The molecule has 1 heterocycles. The van der Waals surface area contributed by atoms with Crippen LogP contribution in [0.5, 0.6) is 5.75 Å². The van der Waals surface area contributed by atoms with E-state index in [1.54, 1.807) is 0 Å². The lowest BCUT2D eigenvalue weighted by Crippen LogP contribution is -2.44. The van der Waals surface area contributed by atoms with Crippen LogP contribution in [0.1, 0.15) is 22.7 Å². The maximum atomic E-state index is 9.63. The molecule has 0 unspecified atom stereocenters. The van der Waals surface area contributed by atoms with Gasteiger partial charge in [0.05, 0.1) is 6.04 Å². The molecule has 1 atom stereocenters. The summed E-state index contributed by atoms with van der Waals surface area (Å²) in [5.74, 6) is 0.344. The van der Waals surface area contributed by atoms with E-state index in [4.69, 9.17) is 0 Å². The van der Waals surface area contributed by atoms with Gasteiger partial charge in [0.15, 0.2) is 0 Å². The van der Waals surface area contributed by atoms with Crippen LogP contribution >= 0.6 is 0 Å². The number of aromatic hydroxyl groups is 1. The van der Waals surface area contributed by atoms with Crippen LogP contribution in [0.25, 0.3) is 0 Å². The summed E-state index contributed by atoms with van der Waals surface area (Å²) < 4.78 is 0. The zero-order valence-corrected chi connectivity index (χ0v) is 11.2. The minimum absolute atomic E-state index is 0.243. The molecule has 1 aliphatic heterocycles. The highest BCUT2D eigenvalue weighted by molar-refractivity contribution is 5.43. The summed E-state index contributed by atoms with van der Waals surface area (Å²) in [5, 5.41) is 13.0. The van der Waals surface area contributed by atoms with Gasteiger partial charge in [-0.25, -0.2) is 0 Å². The van der Waals surface area contributed by atoms with Crippen molar-refractivity contribution in [1.29, 1.82) is 0 Å².